The van der Waals surface area contributed by atoms with Crippen LogP contribution in [-0.2, 0) is 24.3 Å². The highest BCUT2D eigenvalue weighted by Gasteiger charge is 2.23. The molecule has 9 nitrogen and oxygen atoms in total. The van der Waals surface area contributed by atoms with Crippen LogP contribution in [0.15, 0.2) is 27.8 Å². The van der Waals surface area contributed by atoms with Crippen LogP contribution in [0.2, 0.25) is 0 Å². The van der Waals surface area contributed by atoms with E-state index in [0.717, 1.165) is 49.3 Å². The number of nitrogens with one attached hydrogen (secondary N) is 2. The molecule has 0 radical (unpaired) electrons. The number of fused-ring (bicyclic) bond motifs is 1. The summed E-state index contributed by atoms with van der Waals surface area (Å²) >= 11 is 0. The molecule has 0 saturated heterocycles. The maximum atomic E-state index is 5.58. The van der Waals surface area contributed by atoms with Gasteiger partial charge < -0.3 is 19.8 Å². The zero-order valence-corrected chi connectivity index (χ0v) is 19.9. The molecular weight excluding hydrogens is 485 g/mol. The van der Waals surface area contributed by atoms with Gasteiger partial charge in [0, 0.05) is 26.1 Å². The average molecular weight is 517 g/mol. The predicted molar refractivity (Wildman–Crippen MR) is 123 cm³/mol. The fourth-order valence-corrected chi connectivity index (χ4v) is 3.35. The van der Waals surface area contributed by atoms with E-state index < -0.39 is 0 Å². The van der Waals surface area contributed by atoms with Crippen molar-refractivity contribution in [1.82, 2.24) is 30.3 Å². The average Bonchev–Trinajstić information content (AvgIpc) is 3.31. The number of rotatable bonds is 8. The molecule has 0 bridgehead atoms. The molecule has 0 aromatic carbocycles. The van der Waals surface area contributed by atoms with E-state index >= 15 is 0 Å². The van der Waals surface area contributed by atoms with Crippen LogP contribution in [0.5, 0.6) is 0 Å². The smallest absolute Gasteiger partial charge is 0.191 e. The summed E-state index contributed by atoms with van der Waals surface area (Å²) in [5.74, 6) is 3.50. The largest absolute Gasteiger partial charge is 0.468 e. The predicted octanol–water partition coefficient (Wildman–Crippen LogP) is 1.81. The lowest BCUT2D eigenvalue weighted by atomic mass is 10.1. The van der Waals surface area contributed by atoms with E-state index in [-0.39, 0.29) is 36.1 Å². The van der Waals surface area contributed by atoms with E-state index in [2.05, 4.69) is 32.5 Å². The standard InChI is InChI=1S/C19H31N7O2.HI/c1-5-20-19(21-11-15(25(2)3)16-7-6-10-28-16)22-14-8-9-18-23-17(13-27-4)24-26(18)12-14;/h6-7,10,14-15H,5,8-9,11-13H2,1-4H3,(H2,20,21,22);1H. The Labute approximate surface area is 189 Å². The summed E-state index contributed by atoms with van der Waals surface area (Å²) in [6.45, 7) is 4.70. The van der Waals surface area contributed by atoms with Crippen LogP contribution in [0.1, 0.15) is 36.8 Å². The number of nitrogens with zero attached hydrogens (tertiary/aromatic N) is 5. The summed E-state index contributed by atoms with van der Waals surface area (Å²) in [7, 11) is 5.73. The Kier molecular flexibility index (Phi) is 9.37. The van der Waals surface area contributed by atoms with E-state index in [1.54, 1.807) is 13.4 Å². The van der Waals surface area contributed by atoms with Gasteiger partial charge in [0.25, 0.3) is 0 Å². The summed E-state index contributed by atoms with van der Waals surface area (Å²) < 4.78 is 12.7. The first-order valence-electron chi connectivity index (χ1n) is 9.77. The number of aryl methyl sites for hydroxylation is 1. The van der Waals surface area contributed by atoms with Crippen molar-refractivity contribution in [3.05, 3.63) is 35.8 Å². The molecule has 2 atom stereocenters. The van der Waals surface area contributed by atoms with Crippen molar-refractivity contribution in [1.29, 1.82) is 0 Å². The summed E-state index contributed by atoms with van der Waals surface area (Å²) in [6, 6.07) is 4.25. The van der Waals surface area contributed by atoms with Gasteiger partial charge in [-0.3, -0.25) is 9.89 Å². The zero-order valence-electron chi connectivity index (χ0n) is 17.6. The molecule has 162 valence electrons. The zero-order chi connectivity index (χ0) is 19.9. The van der Waals surface area contributed by atoms with Crippen LogP contribution in [0.25, 0.3) is 0 Å². The highest BCUT2D eigenvalue weighted by Crippen LogP contribution is 2.19. The maximum Gasteiger partial charge on any atom is 0.191 e. The number of aromatic nitrogens is 3. The fraction of sp³-hybridized carbons (Fsp3) is 0.632. The van der Waals surface area contributed by atoms with Crippen LogP contribution in [0, 0.1) is 0 Å². The Morgan fingerprint density at radius 3 is 2.97 bits per heavy atom. The third-order valence-corrected chi connectivity index (χ3v) is 4.78. The molecule has 0 aliphatic carbocycles. The number of hydrogen-bond acceptors (Lipinski definition) is 6. The van der Waals surface area contributed by atoms with E-state index in [1.165, 1.54) is 0 Å². The molecule has 0 spiro atoms. The molecule has 10 heteroatoms. The number of halogens is 1. The summed E-state index contributed by atoms with van der Waals surface area (Å²) in [5.41, 5.74) is 0. The lowest BCUT2D eigenvalue weighted by Gasteiger charge is -2.26. The topological polar surface area (TPSA) is 92.7 Å². The second-order valence-corrected chi connectivity index (χ2v) is 7.15. The molecule has 2 aromatic rings. The number of aliphatic imine (C=N–C) groups is 1. The number of hydrogen-bond donors (Lipinski definition) is 2. The van der Waals surface area contributed by atoms with Gasteiger partial charge in [-0.1, -0.05) is 0 Å². The van der Waals surface area contributed by atoms with Crippen LogP contribution in [0.3, 0.4) is 0 Å². The van der Waals surface area contributed by atoms with Crippen molar-refractivity contribution in [2.24, 2.45) is 4.99 Å². The van der Waals surface area contributed by atoms with E-state index in [0.29, 0.717) is 13.2 Å². The molecule has 0 amide bonds. The Morgan fingerprint density at radius 2 is 2.31 bits per heavy atom. The first-order chi connectivity index (χ1) is 13.6. The van der Waals surface area contributed by atoms with Gasteiger partial charge >= 0.3 is 0 Å². The molecule has 3 heterocycles. The fourth-order valence-electron chi connectivity index (χ4n) is 3.35. The Bertz CT molecular complexity index is 761. The van der Waals surface area contributed by atoms with Gasteiger partial charge in [-0.15, -0.1) is 24.0 Å². The highest BCUT2D eigenvalue weighted by molar-refractivity contribution is 14.0. The van der Waals surface area contributed by atoms with Crippen molar-refractivity contribution in [3.8, 4) is 0 Å². The van der Waals surface area contributed by atoms with Crippen molar-refractivity contribution in [2.75, 3.05) is 34.3 Å². The molecule has 0 fully saturated rings. The molecule has 2 N–H and O–H groups in total. The first-order valence-corrected chi connectivity index (χ1v) is 9.77. The van der Waals surface area contributed by atoms with Gasteiger partial charge in [0.2, 0.25) is 0 Å². The minimum absolute atomic E-state index is 0. The number of furan rings is 1. The molecule has 1 aliphatic heterocycles. The summed E-state index contributed by atoms with van der Waals surface area (Å²) in [6.07, 6.45) is 3.58. The minimum atomic E-state index is 0. The molecule has 2 unspecified atom stereocenters. The maximum absolute atomic E-state index is 5.58. The van der Waals surface area contributed by atoms with Crippen LogP contribution in [-0.4, -0.2) is 66.0 Å². The van der Waals surface area contributed by atoms with E-state index in [1.807, 2.05) is 30.9 Å². The highest BCUT2D eigenvalue weighted by atomic mass is 127. The van der Waals surface area contributed by atoms with Crippen molar-refractivity contribution < 1.29 is 9.15 Å². The van der Waals surface area contributed by atoms with Gasteiger partial charge in [0.05, 0.1) is 25.4 Å². The molecule has 1 aliphatic rings. The third-order valence-electron chi connectivity index (χ3n) is 4.78. The summed E-state index contributed by atoms with van der Waals surface area (Å²) in [4.78, 5) is 11.5. The van der Waals surface area contributed by atoms with Gasteiger partial charge in [-0.05, 0) is 39.6 Å². The van der Waals surface area contributed by atoms with Gasteiger partial charge in [-0.25, -0.2) is 9.67 Å². The lowest BCUT2D eigenvalue weighted by Crippen LogP contribution is -2.47. The van der Waals surface area contributed by atoms with Crippen LogP contribution in [0.4, 0.5) is 0 Å². The monoisotopic (exact) mass is 517 g/mol. The Hall–Kier alpha value is -1.66. The van der Waals surface area contributed by atoms with Crippen LogP contribution < -0.4 is 10.6 Å². The van der Waals surface area contributed by atoms with Crippen LogP contribution >= 0.6 is 24.0 Å². The van der Waals surface area contributed by atoms with E-state index in [4.69, 9.17) is 14.1 Å². The molecule has 3 rings (SSSR count). The SMILES string of the molecule is CCNC(=NCC(c1ccco1)N(C)C)NC1CCc2nc(COC)nn2C1.I. The van der Waals surface area contributed by atoms with Gasteiger partial charge in [0.1, 0.15) is 18.2 Å². The quantitative estimate of drug-likeness (QED) is 0.314. The lowest BCUT2D eigenvalue weighted by molar-refractivity contribution is 0.177. The second kappa shape index (κ2) is 11.5. The molecule has 29 heavy (non-hydrogen) atoms. The molecular formula is C19H32IN7O2. The third kappa shape index (κ3) is 6.41. The minimum Gasteiger partial charge on any atom is -0.468 e. The van der Waals surface area contributed by atoms with Gasteiger partial charge in [0.15, 0.2) is 11.8 Å². The summed E-state index contributed by atoms with van der Waals surface area (Å²) in [5, 5.41) is 11.4. The number of methoxy groups -OCH3 is 1. The number of likely N-dealkylation sites (N-methyl/N-ethyl adjacent to an activating group) is 1. The number of ether oxygens (including phenoxy) is 1. The Balaban J connectivity index is 0.00000300. The normalized spacial score (nSPS) is 17.6. The number of guanidine groups is 1. The van der Waals surface area contributed by atoms with E-state index in [9.17, 15) is 0 Å². The van der Waals surface area contributed by atoms with Crippen molar-refractivity contribution >= 4 is 29.9 Å². The first kappa shape index (κ1) is 23.6. The Morgan fingerprint density at radius 1 is 1.48 bits per heavy atom. The van der Waals surface area contributed by atoms with Crippen molar-refractivity contribution in [3.63, 3.8) is 0 Å². The molecule has 2 aromatic heterocycles. The molecule has 0 saturated carbocycles. The van der Waals surface area contributed by atoms with Gasteiger partial charge in [-0.2, -0.15) is 5.10 Å². The second-order valence-electron chi connectivity index (χ2n) is 7.15. The van der Waals surface area contributed by atoms with Crippen molar-refractivity contribution in [2.45, 2.75) is 45.0 Å².